The van der Waals surface area contributed by atoms with E-state index in [1.54, 1.807) is 0 Å². The SMILES string of the molecule is CCCCCCCCCCCCCCCCCCCCCC(O)C(CO)NC(=O)CCCCCCCCCCCCCCCCCCCCCCCCCCCCCCCCOC(=O)CCCCCCCCCCCCCCCCC. The summed E-state index contributed by atoms with van der Waals surface area (Å²) >= 11 is 0. The molecule has 484 valence electrons. The summed E-state index contributed by atoms with van der Waals surface area (Å²) in [6.45, 7) is 5.01. The van der Waals surface area contributed by atoms with Crippen molar-refractivity contribution >= 4 is 11.9 Å². The van der Waals surface area contributed by atoms with Crippen LogP contribution >= 0.6 is 0 Å². The number of aliphatic hydroxyl groups is 2. The van der Waals surface area contributed by atoms with Crippen molar-refractivity contribution in [1.29, 1.82) is 0 Å². The summed E-state index contributed by atoms with van der Waals surface area (Å²) in [4.78, 5) is 24.6. The van der Waals surface area contributed by atoms with Crippen LogP contribution in [0.25, 0.3) is 0 Å². The Bertz CT molecular complexity index is 1180. The number of ether oxygens (including phenoxy) is 1. The largest absolute Gasteiger partial charge is 0.466 e. The number of hydrogen-bond acceptors (Lipinski definition) is 5. The van der Waals surface area contributed by atoms with Crippen LogP contribution in [0.15, 0.2) is 0 Å². The van der Waals surface area contributed by atoms with Gasteiger partial charge in [0.15, 0.2) is 0 Å². The molecular weight excluding hydrogens is 995 g/mol. The molecule has 0 aliphatic carbocycles. The second-order valence-electron chi connectivity index (χ2n) is 26.4. The molecule has 0 aliphatic rings. The molecule has 0 radical (unpaired) electrons. The second kappa shape index (κ2) is 71.3. The number of carbonyl (C=O) groups is 2. The molecule has 2 unspecified atom stereocenters. The minimum Gasteiger partial charge on any atom is -0.466 e. The Hall–Kier alpha value is -1.14. The molecule has 81 heavy (non-hydrogen) atoms. The number of esters is 1. The van der Waals surface area contributed by atoms with Gasteiger partial charge in [0.2, 0.25) is 5.91 Å². The first-order chi connectivity index (χ1) is 40.0. The molecular formula is C75H149NO5. The Balaban J connectivity index is 3.32. The lowest BCUT2D eigenvalue weighted by molar-refractivity contribution is -0.143. The van der Waals surface area contributed by atoms with Gasteiger partial charge >= 0.3 is 5.97 Å². The third-order valence-electron chi connectivity index (χ3n) is 18.2. The Morgan fingerprint density at radius 3 is 0.753 bits per heavy atom. The number of nitrogens with one attached hydrogen (secondary N) is 1. The Kier molecular flexibility index (Phi) is 70.3. The molecule has 0 spiro atoms. The van der Waals surface area contributed by atoms with E-state index in [0.717, 1.165) is 38.5 Å². The van der Waals surface area contributed by atoms with Crippen LogP contribution in [0, 0.1) is 0 Å². The summed E-state index contributed by atoms with van der Waals surface area (Å²) in [5, 5.41) is 23.4. The first-order valence-electron chi connectivity index (χ1n) is 37.8. The van der Waals surface area contributed by atoms with Gasteiger partial charge in [0.25, 0.3) is 0 Å². The molecule has 0 bridgehead atoms. The van der Waals surface area contributed by atoms with Gasteiger partial charge in [-0.05, 0) is 25.7 Å². The molecule has 0 saturated carbocycles. The van der Waals surface area contributed by atoms with Crippen molar-refractivity contribution in [3.05, 3.63) is 0 Å². The topological polar surface area (TPSA) is 95.9 Å². The fourth-order valence-corrected chi connectivity index (χ4v) is 12.4. The Labute approximate surface area is 508 Å². The minimum atomic E-state index is -0.661. The third kappa shape index (κ3) is 67.9. The van der Waals surface area contributed by atoms with E-state index in [4.69, 9.17) is 4.74 Å². The number of aliphatic hydroxyl groups excluding tert-OH is 2. The van der Waals surface area contributed by atoms with Crippen LogP contribution in [0.4, 0.5) is 0 Å². The third-order valence-corrected chi connectivity index (χ3v) is 18.2. The zero-order valence-corrected chi connectivity index (χ0v) is 55.6. The van der Waals surface area contributed by atoms with E-state index in [1.807, 2.05) is 0 Å². The van der Waals surface area contributed by atoms with Crippen LogP contribution in [0.2, 0.25) is 0 Å². The quantitative estimate of drug-likeness (QED) is 0.0417. The van der Waals surface area contributed by atoms with Gasteiger partial charge in [-0.1, -0.05) is 406 Å². The molecule has 6 nitrogen and oxygen atoms in total. The van der Waals surface area contributed by atoms with Crippen molar-refractivity contribution in [3.8, 4) is 0 Å². The molecule has 0 heterocycles. The lowest BCUT2D eigenvalue weighted by Crippen LogP contribution is -2.45. The predicted octanol–water partition coefficient (Wildman–Crippen LogP) is 24.5. The van der Waals surface area contributed by atoms with Crippen molar-refractivity contribution in [3.63, 3.8) is 0 Å². The average Bonchev–Trinajstić information content (AvgIpc) is 3.47. The summed E-state index contributed by atoms with van der Waals surface area (Å²) in [5.74, 6) is -0.00123. The van der Waals surface area contributed by atoms with Crippen molar-refractivity contribution in [2.75, 3.05) is 13.2 Å². The van der Waals surface area contributed by atoms with Crippen LogP contribution in [0.3, 0.4) is 0 Å². The molecule has 0 aliphatic heterocycles. The number of carbonyl (C=O) groups excluding carboxylic acids is 2. The van der Waals surface area contributed by atoms with Gasteiger partial charge in [-0.25, -0.2) is 0 Å². The van der Waals surface area contributed by atoms with E-state index in [9.17, 15) is 19.8 Å². The highest BCUT2D eigenvalue weighted by atomic mass is 16.5. The maximum absolute atomic E-state index is 12.5. The zero-order chi connectivity index (χ0) is 58.5. The maximum Gasteiger partial charge on any atom is 0.305 e. The molecule has 2 atom stereocenters. The van der Waals surface area contributed by atoms with Crippen LogP contribution in [0.5, 0.6) is 0 Å². The summed E-state index contributed by atoms with van der Waals surface area (Å²) < 4.78 is 5.51. The maximum atomic E-state index is 12.5. The van der Waals surface area contributed by atoms with E-state index in [-0.39, 0.29) is 18.5 Å². The molecule has 0 aromatic heterocycles. The molecule has 6 heteroatoms. The van der Waals surface area contributed by atoms with Crippen LogP contribution < -0.4 is 5.32 Å². The van der Waals surface area contributed by atoms with Gasteiger partial charge in [-0.15, -0.1) is 0 Å². The normalized spacial score (nSPS) is 12.4. The lowest BCUT2D eigenvalue weighted by atomic mass is 10.0. The standard InChI is InChI=1S/C75H149NO5/c1-3-5-7-9-11-13-15-17-19-20-33-36-40-43-47-51-55-59-63-67-73(78)72(71-77)76-74(79)68-64-60-56-52-48-44-41-37-34-31-29-27-25-23-21-22-24-26-28-30-32-35-38-42-46-50-54-58-62-66-70-81-75(80)69-65-61-57-53-49-45-39-18-16-14-12-10-8-6-4-2/h72-73,77-78H,3-71H2,1-2H3,(H,76,79). The molecule has 3 N–H and O–H groups in total. The minimum absolute atomic E-state index is 0.0244. The number of rotatable bonds is 72. The molecule has 0 fully saturated rings. The monoisotopic (exact) mass is 1140 g/mol. The van der Waals surface area contributed by atoms with Gasteiger partial charge in [0.1, 0.15) is 0 Å². The second-order valence-corrected chi connectivity index (χ2v) is 26.4. The van der Waals surface area contributed by atoms with E-state index in [0.29, 0.717) is 25.9 Å². The summed E-state index contributed by atoms with van der Waals surface area (Å²) in [5.41, 5.74) is 0. The molecule has 0 saturated heterocycles. The highest BCUT2D eigenvalue weighted by molar-refractivity contribution is 5.76. The van der Waals surface area contributed by atoms with Gasteiger partial charge in [-0.2, -0.15) is 0 Å². The van der Waals surface area contributed by atoms with Crippen molar-refractivity contribution in [2.24, 2.45) is 0 Å². The fraction of sp³-hybridized carbons (Fsp3) is 0.973. The first kappa shape index (κ1) is 79.9. The van der Waals surface area contributed by atoms with Gasteiger partial charge in [-0.3, -0.25) is 9.59 Å². The molecule has 0 rings (SSSR count). The lowest BCUT2D eigenvalue weighted by Gasteiger charge is -2.22. The van der Waals surface area contributed by atoms with Crippen LogP contribution in [-0.2, 0) is 14.3 Å². The van der Waals surface area contributed by atoms with Crippen molar-refractivity contribution < 1.29 is 24.5 Å². The van der Waals surface area contributed by atoms with Gasteiger partial charge in [0, 0.05) is 12.8 Å². The highest BCUT2D eigenvalue weighted by Gasteiger charge is 2.20. The number of unbranched alkanes of at least 4 members (excludes halogenated alkanes) is 61. The predicted molar refractivity (Wildman–Crippen MR) is 357 cm³/mol. The average molecular weight is 1150 g/mol. The van der Waals surface area contributed by atoms with E-state index in [2.05, 4.69) is 19.2 Å². The summed E-state index contributed by atoms with van der Waals surface area (Å²) in [7, 11) is 0. The van der Waals surface area contributed by atoms with Crippen molar-refractivity contribution in [2.45, 2.75) is 456 Å². The van der Waals surface area contributed by atoms with E-state index < -0.39 is 12.1 Å². The highest BCUT2D eigenvalue weighted by Crippen LogP contribution is 2.20. The summed E-state index contributed by atoms with van der Waals surface area (Å²) in [6, 6.07) is -0.538. The smallest absolute Gasteiger partial charge is 0.305 e. The van der Waals surface area contributed by atoms with Gasteiger partial charge < -0.3 is 20.3 Å². The Morgan fingerprint density at radius 2 is 0.506 bits per heavy atom. The fourth-order valence-electron chi connectivity index (χ4n) is 12.4. The van der Waals surface area contributed by atoms with Crippen molar-refractivity contribution in [1.82, 2.24) is 5.32 Å². The zero-order valence-electron chi connectivity index (χ0n) is 55.6. The van der Waals surface area contributed by atoms with Crippen LogP contribution in [0.1, 0.15) is 444 Å². The summed E-state index contributed by atoms with van der Waals surface area (Å²) in [6.07, 6.45) is 87.5. The Morgan fingerprint density at radius 1 is 0.296 bits per heavy atom. The van der Waals surface area contributed by atoms with Gasteiger partial charge in [0.05, 0.1) is 25.4 Å². The van der Waals surface area contributed by atoms with E-state index >= 15 is 0 Å². The number of amides is 1. The molecule has 0 aromatic carbocycles. The van der Waals surface area contributed by atoms with E-state index in [1.165, 1.54) is 372 Å². The van der Waals surface area contributed by atoms with Crippen LogP contribution in [-0.4, -0.2) is 47.4 Å². The number of hydrogen-bond donors (Lipinski definition) is 3. The molecule has 0 aromatic rings. The first-order valence-corrected chi connectivity index (χ1v) is 37.8. The molecule has 1 amide bonds.